The van der Waals surface area contributed by atoms with E-state index in [0.717, 1.165) is 18.4 Å². The van der Waals surface area contributed by atoms with Crippen LogP contribution in [0.15, 0.2) is 24.3 Å². The number of carboxylic acids is 1. The first-order chi connectivity index (χ1) is 13.3. The van der Waals surface area contributed by atoms with Crippen LogP contribution < -0.4 is 0 Å². The number of benzene rings is 2. The maximum atomic E-state index is 11.2. The Bertz CT molecular complexity index is 972. The smallest absolute Gasteiger partial charge is 0.343 e. The fraction of sp³-hybridized carbons (Fsp3) is 0.458. The van der Waals surface area contributed by atoms with Crippen LogP contribution in [0, 0.1) is 6.92 Å². The largest absolute Gasteiger partial charge is 0.507 e. The number of fused-ring (bicyclic) bond motifs is 1. The first-order valence-corrected chi connectivity index (χ1v) is 9.96. The van der Waals surface area contributed by atoms with Crippen LogP contribution in [0.5, 0.6) is 11.5 Å². The van der Waals surface area contributed by atoms with E-state index in [2.05, 4.69) is 39.8 Å². The molecule has 0 fully saturated rings. The highest BCUT2D eigenvalue weighted by Crippen LogP contribution is 2.46. The summed E-state index contributed by atoms with van der Waals surface area (Å²) < 4.78 is 0. The molecule has 0 aromatic heterocycles. The fourth-order valence-corrected chi connectivity index (χ4v) is 4.37. The summed E-state index contributed by atoms with van der Waals surface area (Å²) in [6.45, 7) is 10.5. The summed E-state index contributed by atoms with van der Waals surface area (Å²) in [5.41, 5.74) is 3.78. The molecular formula is C24H30O5. The topological polar surface area (TPSA) is 98.0 Å². The van der Waals surface area contributed by atoms with Gasteiger partial charge in [-0.05, 0) is 64.5 Å². The molecule has 156 valence electrons. The van der Waals surface area contributed by atoms with E-state index >= 15 is 0 Å². The zero-order valence-electron chi connectivity index (χ0n) is 17.7. The molecule has 4 N–H and O–H groups in total. The number of aromatic hydroxyl groups is 2. The highest BCUT2D eigenvalue weighted by atomic mass is 16.4. The van der Waals surface area contributed by atoms with Gasteiger partial charge in [-0.3, -0.25) is 0 Å². The van der Waals surface area contributed by atoms with Gasteiger partial charge >= 0.3 is 5.97 Å². The van der Waals surface area contributed by atoms with Gasteiger partial charge in [0.2, 0.25) is 0 Å². The van der Waals surface area contributed by atoms with E-state index in [1.807, 2.05) is 6.07 Å². The third-order valence-corrected chi connectivity index (χ3v) is 6.53. The van der Waals surface area contributed by atoms with Crippen molar-refractivity contribution in [2.45, 2.75) is 70.8 Å². The summed E-state index contributed by atoms with van der Waals surface area (Å²) in [4.78, 5) is 11.2. The van der Waals surface area contributed by atoms with Gasteiger partial charge in [-0.2, -0.15) is 0 Å². The molecule has 1 aliphatic rings. The average Bonchev–Trinajstić information content (AvgIpc) is 2.62. The van der Waals surface area contributed by atoms with Crippen LogP contribution in [-0.2, 0) is 17.3 Å². The fourth-order valence-electron chi connectivity index (χ4n) is 4.37. The number of hydrogen-bond acceptors (Lipinski definition) is 4. The van der Waals surface area contributed by atoms with Gasteiger partial charge in [0.1, 0.15) is 17.1 Å². The molecule has 2 aromatic carbocycles. The van der Waals surface area contributed by atoms with Crippen LogP contribution >= 0.6 is 0 Å². The Kier molecular flexibility index (Phi) is 5.16. The Hall–Kier alpha value is -2.53. The number of rotatable bonds is 4. The number of aromatic carboxylic acids is 1. The number of carbonyl (C=O) groups is 1. The lowest BCUT2D eigenvalue weighted by Crippen LogP contribution is -2.34. The lowest BCUT2D eigenvalue weighted by molar-refractivity contribution is 0.0690. The molecule has 0 bridgehead atoms. The summed E-state index contributed by atoms with van der Waals surface area (Å²) in [7, 11) is 0. The van der Waals surface area contributed by atoms with Crippen LogP contribution in [-0.4, -0.2) is 26.4 Å². The van der Waals surface area contributed by atoms with Crippen molar-refractivity contribution in [2.75, 3.05) is 0 Å². The van der Waals surface area contributed by atoms with Crippen molar-refractivity contribution in [3.63, 3.8) is 0 Å². The molecular weight excluding hydrogens is 368 g/mol. The lowest BCUT2D eigenvalue weighted by atomic mass is 9.63. The summed E-state index contributed by atoms with van der Waals surface area (Å²) in [6.07, 6.45) is 1.51. The first-order valence-electron chi connectivity index (χ1n) is 9.96. The van der Waals surface area contributed by atoms with Crippen molar-refractivity contribution < 1.29 is 25.2 Å². The Balaban J connectivity index is 1.97. The van der Waals surface area contributed by atoms with Crippen molar-refractivity contribution in [3.8, 4) is 11.5 Å². The van der Waals surface area contributed by atoms with E-state index in [9.17, 15) is 20.1 Å². The van der Waals surface area contributed by atoms with Gasteiger partial charge in [0.05, 0.1) is 6.10 Å². The van der Waals surface area contributed by atoms with Gasteiger partial charge in [0.15, 0.2) is 0 Å². The summed E-state index contributed by atoms with van der Waals surface area (Å²) in [5.74, 6) is -2.36. The number of hydrogen-bond donors (Lipinski definition) is 4. The van der Waals surface area contributed by atoms with Crippen molar-refractivity contribution >= 4 is 5.97 Å². The van der Waals surface area contributed by atoms with Crippen molar-refractivity contribution in [3.05, 3.63) is 57.6 Å². The number of aliphatic hydroxyl groups excluding tert-OH is 1. The number of aliphatic hydroxyl groups is 1. The molecule has 0 heterocycles. The van der Waals surface area contributed by atoms with Crippen LogP contribution in [0.4, 0.5) is 0 Å². The number of carboxylic acid groups (broad SMARTS) is 1. The molecule has 5 heteroatoms. The Morgan fingerprint density at radius 3 is 2.21 bits per heavy atom. The predicted octanol–water partition coefficient (Wildman–Crippen LogP) is 4.73. The molecule has 2 aromatic rings. The van der Waals surface area contributed by atoms with Gasteiger partial charge in [-0.1, -0.05) is 45.9 Å². The summed E-state index contributed by atoms with van der Waals surface area (Å²) in [5, 5.41) is 40.2. The molecule has 1 unspecified atom stereocenters. The normalized spacial score (nSPS) is 18.1. The average molecular weight is 398 g/mol. The second-order valence-electron chi connectivity index (χ2n) is 9.50. The molecule has 3 rings (SSSR count). The van der Waals surface area contributed by atoms with Gasteiger partial charge in [-0.25, -0.2) is 4.79 Å². The highest BCUT2D eigenvalue weighted by Gasteiger charge is 2.37. The van der Waals surface area contributed by atoms with Crippen molar-refractivity contribution in [1.82, 2.24) is 0 Å². The van der Waals surface area contributed by atoms with E-state index in [-0.39, 0.29) is 17.3 Å². The van der Waals surface area contributed by atoms with Gasteiger partial charge in [0, 0.05) is 6.42 Å². The SMILES string of the molecule is Cc1c(CC(O)c2ccc3c(c2)C(C)(C)CCC3(C)C)cc(O)c(C(=O)O)c1O. The van der Waals surface area contributed by atoms with Crippen LogP contribution in [0.1, 0.15) is 84.8 Å². The van der Waals surface area contributed by atoms with Crippen molar-refractivity contribution in [2.24, 2.45) is 0 Å². The van der Waals surface area contributed by atoms with E-state index in [1.165, 1.54) is 17.2 Å². The molecule has 0 aliphatic heterocycles. The Morgan fingerprint density at radius 2 is 1.62 bits per heavy atom. The predicted molar refractivity (Wildman–Crippen MR) is 112 cm³/mol. The molecule has 0 amide bonds. The maximum absolute atomic E-state index is 11.2. The zero-order valence-corrected chi connectivity index (χ0v) is 17.7. The van der Waals surface area contributed by atoms with Crippen molar-refractivity contribution in [1.29, 1.82) is 0 Å². The molecule has 1 atom stereocenters. The molecule has 0 spiro atoms. The number of phenols is 2. The van der Waals surface area contributed by atoms with Gasteiger partial charge in [0.25, 0.3) is 0 Å². The molecule has 5 nitrogen and oxygen atoms in total. The van der Waals surface area contributed by atoms with Crippen LogP contribution in [0.25, 0.3) is 0 Å². The quantitative estimate of drug-likeness (QED) is 0.597. The van der Waals surface area contributed by atoms with E-state index < -0.39 is 29.1 Å². The third kappa shape index (κ3) is 3.71. The summed E-state index contributed by atoms with van der Waals surface area (Å²) in [6, 6.07) is 7.42. The second-order valence-corrected chi connectivity index (χ2v) is 9.50. The van der Waals surface area contributed by atoms with Crippen LogP contribution in [0.2, 0.25) is 0 Å². The van der Waals surface area contributed by atoms with E-state index in [0.29, 0.717) is 11.1 Å². The minimum atomic E-state index is -1.39. The summed E-state index contributed by atoms with van der Waals surface area (Å²) >= 11 is 0. The zero-order chi connectivity index (χ0) is 21.7. The Morgan fingerprint density at radius 1 is 1.03 bits per heavy atom. The molecule has 0 saturated carbocycles. The van der Waals surface area contributed by atoms with E-state index in [1.54, 1.807) is 6.92 Å². The monoisotopic (exact) mass is 398 g/mol. The third-order valence-electron chi connectivity index (χ3n) is 6.53. The van der Waals surface area contributed by atoms with Gasteiger partial charge < -0.3 is 20.4 Å². The van der Waals surface area contributed by atoms with E-state index in [4.69, 9.17) is 5.11 Å². The highest BCUT2D eigenvalue weighted by molar-refractivity contribution is 5.94. The minimum Gasteiger partial charge on any atom is -0.507 e. The molecule has 1 aliphatic carbocycles. The molecule has 0 saturated heterocycles. The Labute approximate surface area is 171 Å². The second kappa shape index (κ2) is 7.06. The van der Waals surface area contributed by atoms with Crippen LogP contribution in [0.3, 0.4) is 0 Å². The minimum absolute atomic E-state index is 0.0240. The molecule has 29 heavy (non-hydrogen) atoms. The standard InChI is InChI=1S/C24H30O5/c1-13-15(12-19(26)20(21(13)27)22(28)29)11-18(25)14-6-7-16-17(10-14)24(4,5)9-8-23(16,2)3/h6-7,10,12,18,25-27H,8-9,11H2,1-5H3,(H,28,29). The maximum Gasteiger partial charge on any atom is 0.343 e. The lowest BCUT2D eigenvalue weighted by Gasteiger charge is -2.42. The van der Waals surface area contributed by atoms with Gasteiger partial charge in [-0.15, -0.1) is 0 Å². The molecule has 0 radical (unpaired) electrons. The first kappa shape index (κ1) is 21.2.